The van der Waals surface area contributed by atoms with Crippen LogP contribution in [0.5, 0.6) is 0 Å². The number of carbonyl (C=O) groups is 2. The summed E-state index contributed by atoms with van der Waals surface area (Å²) in [6, 6.07) is 12.0. The number of aromatic nitrogens is 1. The van der Waals surface area contributed by atoms with Crippen molar-refractivity contribution in [2.45, 2.75) is 53.1 Å². The third-order valence-electron chi connectivity index (χ3n) is 5.18. The van der Waals surface area contributed by atoms with Gasteiger partial charge in [-0.1, -0.05) is 50.3 Å². The Kier molecular flexibility index (Phi) is 10.2. The number of hydrogen-bond acceptors (Lipinski definition) is 6. The molecule has 2 atom stereocenters. The Morgan fingerprint density at radius 2 is 1.75 bits per heavy atom. The highest BCUT2D eigenvalue weighted by Gasteiger charge is 2.37. The van der Waals surface area contributed by atoms with Crippen LogP contribution in [0, 0.1) is 17.8 Å². The first-order valence-corrected chi connectivity index (χ1v) is 13.8. The van der Waals surface area contributed by atoms with Crippen molar-refractivity contribution in [2.75, 3.05) is 10.7 Å². The van der Waals surface area contributed by atoms with Gasteiger partial charge in [-0.25, -0.2) is 8.42 Å². The van der Waals surface area contributed by atoms with Gasteiger partial charge in [-0.2, -0.15) is 4.41 Å². The highest BCUT2D eigenvalue weighted by atomic mass is 32.2. The molecule has 1 heterocycles. The van der Waals surface area contributed by atoms with Crippen LogP contribution < -0.4 is 9.84 Å². The predicted molar refractivity (Wildman–Crippen MR) is 142 cm³/mol. The average molecular weight is 516 g/mol. The minimum atomic E-state index is -3.84. The number of esters is 1. The number of hydrazine groups is 1. The largest absolute Gasteiger partial charge is 0.460 e. The van der Waals surface area contributed by atoms with E-state index in [0.717, 1.165) is 16.2 Å². The van der Waals surface area contributed by atoms with E-state index in [1.54, 1.807) is 63.5 Å². The number of nitrogens with zero attached hydrogens (tertiary/aromatic N) is 2. The molecule has 0 fully saturated rings. The molecule has 0 aliphatic carbocycles. The fraction of sp³-hybridized carbons (Fsp3) is 0.444. The van der Waals surface area contributed by atoms with Crippen molar-refractivity contribution in [1.82, 2.24) is 10.4 Å². The maximum absolute atomic E-state index is 13.6. The van der Waals surface area contributed by atoms with Crippen LogP contribution in [0.15, 0.2) is 60.9 Å². The predicted octanol–water partition coefficient (Wildman–Crippen LogP) is 4.60. The topological polar surface area (TPSA) is 106 Å². The molecular formula is C27H37N3O5S. The molecule has 0 aliphatic heterocycles. The molecule has 0 spiro atoms. The summed E-state index contributed by atoms with van der Waals surface area (Å²) in [5.74, 6) is -2.66. The third kappa shape index (κ3) is 9.45. The van der Waals surface area contributed by atoms with Crippen molar-refractivity contribution in [3.05, 3.63) is 66.5 Å². The van der Waals surface area contributed by atoms with Crippen LogP contribution in [0.25, 0.3) is 6.08 Å². The summed E-state index contributed by atoms with van der Waals surface area (Å²) in [5, 5.41) is 0. The van der Waals surface area contributed by atoms with Crippen LogP contribution in [-0.2, 0) is 24.3 Å². The quantitative estimate of drug-likeness (QED) is 0.346. The molecule has 36 heavy (non-hydrogen) atoms. The molecule has 1 unspecified atom stereocenters. The molecule has 0 aliphatic rings. The van der Waals surface area contributed by atoms with Crippen molar-refractivity contribution < 1.29 is 22.7 Å². The van der Waals surface area contributed by atoms with E-state index < -0.39 is 39.3 Å². The van der Waals surface area contributed by atoms with Crippen LogP contribution in [0.1, 0.15) is 53.0 Å². The molecule has 1 N–H and O–H groups in total. The summed E-state index contributed by atoms with van der Waals surface area (Å²) < 4.78 is 31.6. The number of sulfonamides is 1. The second-order valence-corrected chi connectivity index (χ2v) is 12.0. The first-order valence-electron chi connectivity index (χ1n) is 11.9. The van der Waals surface area contributed by atoms with E-state index in [4.69, 9.17) is 4.74 Å². The van der Waals surface area contributed by atoms with Gasteiger partial charge in [0.15, 0.2) is 0 Å². The Labute approximate surface area is 214 Å². The SMILES string of the molecule is CC(C)CC(C(=O)NN(c1ccccc1)S(C)(=O)=O)[C@@H](CC=Cc1cccnc1)C(=O)OC(C)(C)C. The number of anilines is 1. The van der Waals surface area contributed by atoms with Crippen LogP contribution in [-0.4, -0.2) is 37.1 Å². The molecule has 2 aromatic rings. The number of pyridine rings is 1. The first-order chi connectivity index (χ1) is 16.8. The molecule has 1 amide bonds. The van der Waals surface area contributed by atoms with Gasteiger partial charge in [0, 0.05) is 12.4 Å². The Morgan fingerprint density at radius 1 is 1.08 bits per heavy atom. The number of benzene rings is 1. The van der Waals surface area contributed by atoms with E-state index in [1.807, 2.05) is 38.1 Å². The standard InChI is InChI=1S/C27H37N3O5S/c1-20(2)18-24(25(31)29-30(36(6,33)34)22-14-8-7-9-15-22)23(26(32)35-27(3,4)5)16-10-12-21-13-11-17-28-19-21/h7-15,17,19-20,23-24H,16,18H2,1-6H3,(H,29,31)/t23-,24?/m1/s1. The summed E-state index contributed by atoms with van der Waals surface area (Å²) in [6.07, 6.45) is 8.63. The lowest BCUT2D eigenvalue weighted by Gasteiger charge is -2.31. The number of rotatable bonds is 11. The summed E-state index contributed by atoms with van der Waals surface area (Å²) in [6.45, 7) is 9.20. The molecule has 0 saturated carbocycles. The van der Waals surface area contributed by atoms with Crippen molar-refractivity contribution in [3.8, 4) is 0 Å². The molecule has 8 nitrogen and oxygen atoms in total. The lowest BCUT2D eigenvalue weighted by atomic mass is 9.82. The van der Waals surface area contributed by atoms with Crippen molar-refractivity contribution in [1.29, 1.82) is 0 Å². The molecule has 0 radical (unpaired) electrons. The van der Waals surface area contributed by atoms with Crippen molar-refractivity contribution in [3.63, 3.8) is 0 Å². The number of para-hydroxylation sites is 1. The molecular weight excluding hydrogens is 478 g/mol. The summed E-state index contributed by atoms with van der Waals surface area (Å²) in [5.41, 5.74) is 2.96. The van der Waals surface area contributed by atoms with Gasteiger partial charge in [-0.3, -0.25) is 20.0 Å². The van der Waals surface area contributed by atoms with Crippen LogP contribution >= 0.6 is 0 Å². The maximum atomic E-state index is 13.6. The average Bonchev–Trinajstić information content (AvgIpc) is 2.78. The number of hydrogen-bond donors (Lipinski definition) is 1. The highest BCUT2D eigenvalue weighted by molar-refractivity contribution is 7.92. The van der Waals surface area contributed by atoms with Crippen LogP contribution in [0.2, 0.25) is 0 Å². The molecule has 1 aromatic carbocycles. The lowest BCUT2D eigenvalue weighted by molar-refractivity contribution is -0.164. The molecule has 196 valence electrons. The number of amides is 1. The Morgan fingerprint density at radius 3 is 2.28 bits per heavy atom. The second-order valence-electron chi connectivity index (χ2n) is 10.1. The second kappa shape index (κ2) is 12.7. The summed E-state index contributed by atoms with van der Waals surface area (Å²) >= 11 is 0. The molecule has 1 aromatic heterocycles. The van der Waals surface area contributed by atoms with Gasteiger partial charge >= 0.3 is 5.97 Å². The van der Waals surface area contributed by atoms with E-state index in [2.05, 4.69) is 10.4 Å². The zero-order chi connectivity index (χ0) is 26.9. The van der Waals surface area contributed by atoms with E-state index in [-0.39, 0.29) is 12.3 Å². The Bertz CT molecular complexity index is 1130. The monoisotopic (exact) mass is 515 g/mol. The van der Waals surface area contributed by atoms with Gasteiger partial charge in [0.05, 0.1) is 23.8 Å². The van der Waals surface area contributed by atoms with E-state index in [0.29, 0.717) is 12.1 Å². The van der Waals surface area contributed by atoms with Crippen molar-refractivity contribution >= 4 is 33.7 Å². The Hall–Kier alpha value is -3.20. The van der Waals surface area contributed by atoms with Gasteiger partial charge in [0.1, 0.15) is 5.60 Å². The van der Waals surface area contributed by atoms with Gasteiger partial charge in [0.25, 0.3) is 0 Å². The van der Waals surface area contributed by atoms with E-state index in [9.17, 15) is 18.0 Å². The zero-order valence-electron chi connectivity index (χ0n) is 21.8. The van der Waals surface area contributed by atoms with Gasteiger partial charge in [0.2, 0.25) is 15.9 Å². The fourth-order valence-electron chi connectivity index (χ4n) is 3.67. The molecule has 0 saturated heterocycles. The molecule has 2 rings (SSSR count). The minimum Gasteiger partial charge on any atom is -0.460 e. The van der Waals surface area contributed by atoms with Crippen LogP contribution in [0.4, 0.5) is 5.69 Å². The number of allylic oxidation sites excluding steroid dienone is 1. The number of nitrogens with one attached hydrogen (secondary N) is 1. The molecule has 0 bridgehead atoms. The first kappa shape index (κ1) is 29.0. The number of carbonyl (C=O) groups excluding carboxylic acids is 2. The normalized spacial score (nSPS) is 13.9. The number of ether oxygens (including phenoxy) is 1. The highest BCUT2D eigenvalue weighted by Crippen LogP contribution is 2.29. The fourth-order valence-corrected chi connectivity index (χ4v) is 4.44. The maximum Gasteiger partial charge on any atom is 0.310 e. The van der Waals surface area contributed by atoms with Gasteiger partial charge < -0.3 is 4.74 Å². The lowest BCUT2D eigenvalue weighted by Crippen LogP contribution is -2.50. The Balaban J connectivity index is 2.41. The summed E-state index contributed by atoms with van der Waals surface area (Å²) in [4.78, 5) is 31.0. The van der Waals surface area contributed by atoms with E-state index in [1.165, 1.54) is 0 Å². The smallest absolute Gasteiger partial charge is 0.310 e. The molecule has 9 heteroatoms. The third-order valence-corrected chi connectivity index (χ3v) is 6.14. The van der Waals surface area contributed by atoms with Crippen molar-refractivity contribution in [2.24, 2.45) is 17.8 Å². The summed E-state index contributed by atoms with van der Waals surface area (Å²) in [7, 11) is -3.84. The van der Waals surface area contributed by atoms with Gasteiger partial charge in [-0.05, 0) is 63.3 Å². The van der Waals surface area contributed by atoms with Gasteiger partial charge in [-0.15, -0.1) is 0 Å². The van der Waals surface area contributed by atoms with E-state index >= 15 is 0 Å². The minimum absolute atomic E-state index is 0.0661. The zero-order valence-corrected chi connectivity index (χ0v) is 22.7. The van der Waals surface area contributed by atoms with Crippen LogP contribution in [0.3, 0.4) is 0 Å².